The van der Waals surface area contributed by atoms with Gasteiger partial charge in [-0.2, -0.15) is 0 Å². The topological polar surface area (TPSA) is 44.9 Å². The molecule has 0 spiro atoms. The number of anilines is 1. The lowest BCUT2D eigenvalue weighted by Crippen LogP contribution is -2.35. The highest BCUT2D eigenvalue weighted by atomic mass is 15.3. The molecule has 4 nitrogen and oxygen atoms in total. The molecule has 0 bridgehead atoms. The maximum absolute atomic E-state index is 6.03. The number of rotatable bonds is 4. The van der Waals surface area contributed by atoms with Gasteiger partial charge in [0, 0.05) is 31.9 Å². The summed E-state index contributed by atoms with van der Waals surface area (Å²) in [5, 5.41) is 0. The second kappa shape index (κ2) is 6.59. The van der Waals surface area contributed by atoms with Gasteiger partial charge in [0.1, 0.15) is 0 Å². The van der Waals surface area contributed by atoms with Gasteiger partial charge >= 0.3 is 0 Å². The molecular weight excluding hydrogens is 272 g/mol. The van der Waals surface area contributed by atoms with E-state index in [0.29, 0.717) is 18.5 Å². The van der Waals surface area contributed by atoms with Gasteiger partial charge in [0.2, 0.25) is 0 Å². The van der Waals surface area contributed by atoms with Crippen molar-refractivity contribution in [1.29, 1.82) is 0 Å². The third kappa shape index (κ3) is 3.73. The SMILES string of the molecule is CC1CCN(c2ccc(CN=C(N)N(C)C3CC3)cc2)CC1. The minimum atomic E-state index is 0.618. The summed E-state index contributed by atoms with van der Waals surface area (Å²) in [6.45, 7) is 5.37. The number of guanidine groups is 1. The maximum Gasteiger partial charge on any atom is 0.191 e. The van der Waals surface area contributed by atoms with Crippen LogP contribution in [0.1, 0.15) is 38.2 Å². The van der Waals surface area contributed by atoms with Gasteiger partial charge in [0.05, 0.1) is 6.54 Å². The average Bonchev–Trinajstić information content (AvgIpc) is 3.38. The van der Waals surface area contributed by atoms with Gasteiger partial charge in [0.25, 0.3) is 0 Å². The minimum Gasteiger partial charge on any atom is -0.372 e. The molecule has 3 rings (SSSR count). The molecule has 0 amide bonds. The zero-order valence-electron chi connectivity index (χ0n) is 13.8. The number of piperidine rings is 1. The Hall–Kier alpha value is -1.71. The molecule has 1 aliphatic heterocycles. The molecule has 2 N–H and O–H groups in total. The minimum absolute atomic E-state index is 0.618. The fourth-order valence-electron chi connectivity index (χ4n) is 3.01. The van der Waals surface area contributed by atoms with Crippen LogP contribution < -0.4 is 10.6 Å². The van der Waals surface area contributed by atoms with Crippen molar-refractivity contribution in [2.75, 3.05) is 25.0 Å². The van der Waals surface area contributed by atoms with Crippen molar-refractivity contribution in [2.45, 2.75) is 45.2 Å². The standard InChI is InChI=1S/C18H28N4/c1-14-9-11-22(12-10-14)17-5-3-15(4-6-17)13-20-18(19)21(2)16-7-8-16/h3-6,14,16H,7-13H2,1-2H3,(H2,19,20). The Bertz CT molecular complexity index is 510. The second-order valence-electron chi connectivity index (χ2n) is 6.85. The molecule has 1 saturated heterocycles. The van der Waals surface area contributed by atoms with Crippen LogP contribution in [0.5, 0.6) is 0 Å². The molecule has 0 unspecified atom stereocenters. The Kier molecular flexibility index (Phi) is 4.55. The van der Waals surface area contributed by atoms with Crippen molar-refractivity contribution >= 4 is 11.6 Å². The van der Waals surface area contributed by atoms with Crippen LogP contribution >= 0.6 is 0 Å². The van der Waals surface area contributed by atoms with Crippen molar-refractivity contribution in [2.24, 2.45) is 16.6 Å². The number of nitrogens with zero attached hydrogens (tertiary/aromatic N) is 3. The number of aliphatic imine (C=N–C) groups is 1. The van der Waals surface area contributed by atoms with Crippen LogP contribution in [0, 0.1) is 5.92 Å². The Morgan fingerprint density at radius 2 is 1.82 bits per heavy atom. The first-order chi connectivity index (χ1) is 10.6. The van der Waals surface area contributed by atoms with E-state index >= 15 is 0 Å². The van der Waals surface area contributed by atoms with Crippen molar-refractivity contribution < 1.29 is 0 Å². The molecule has 2 fully saturated rings. The van der Waals surface area contributed by atoms with E-state index in [2.05, 4.69) is 46.0 Å². The van der Waals surface area contributed by atoms with Crippen LogP contribution in [0.4, 0.5) is 5.69 Å². The third-order valence-corrected chi connectivity index (χ3v) is 4.96. The van der Waals surface area contributed by atoms with Crippen LogP contribution in [-0.4, -0.2) is 37.0 Å². The molecule has 1 aliphatic carbocycles. The van der Waals surface area contributed by atoms with E-state index in [4.69, 9.17) is 5.73 Å². The summed E-state index contributed by atoms with van der Waals surface area (Å²) < 4.78 is 0. The van der Waals surface area contributed by atoms with Gasteiger partial charge in [-0.05, 0) is 49.3 Å². The van der Waals surface area contributed by atoms with E-state index < -0.39 is 0 Å². The fourth-order valence-corrected chi connectivity index (χ4v) is 3.01. The molecule has 1 heterocycles. The zero-order chi connectivity index (χ0) is 15.5. The molecule has 1 aromatic carbocycles. The average molecular weight is 300 g/mol. The summed E-state index contributed by atoms with van der Waals surface area (Å²) in [4.78, 5) is 9.10. The highest BCUT2D eigenvalue weighted by molar-refractivity contribution is 5.78. The number of benzene rings is 1. The van der Waals surface area contributed by atoms with E-state index in [1.807, 2.05) is 7.05 Å². The monoisotopic (exact) mass is 300 g/mol. The second-order valence-corrected chi connectivity index (χ2v) is 6.85. The summed E-state index contributed by atoms with van der Waals surface area (Å²) in [5.74, 6) is 1.54. The van der Waals surface area contributed by atoms with Gasteiger partial charge < -0.3 is 15.5 Å². The molecule has 0 radical (unpaired) electrons. The molecule has 0 atom stereocenters. The lowest BCUT2D eigenvalue weighted by atomic mass is 9.99. The Morgan fingerprint density at radius 3 is 2.41 bits per heavy atom. The molecule has 1 aromatic rings. The van der Waals surface area contributed by atoms with Crippen LogP contribution in [0.15, 0.2) is 29.3 Å². The van der Waals surface area contributed by atoms with Gasteiger partial charge in [-0.25, -0.2) is 4.99 Å². The van der Waals surface area contributed by atoms with Gasteiger partial charge in [0.15, 0.2) is 5.96 Å². The van der Waals surface area contributed by atoms with Crippen molar-refractivity contribution in [3.05, 3.63) is 29.8 Å². The number of nitrogens with two attached hydrogens (primary N) is 1. The molecular formula is C18H28N4. The first-order valence-electron chi connectivity index (χ1n) is 8.50. The van der Waals surface area contributed by atoms with E-state index in [1.165, 1.54) is 50.0 Å². The van der Waals surface area contributed by atoms with E-state index in [-0.39, 0.29) is 0 Å². The Labute approximate surface area is 134 Å². The summed E-state index contributed by atoms with van der Waals surface area (Å²) in [6, 6.07) is 9.43. The highest BCUT2D eigenvalue weighted by Gasteiger charge is 2.27. The Balaban J connectivity index is 1.56. The zero-order valence-corrected chi connectivity index (χ0v) is 13.8. The lowest BCUT2D eigenvalue weighted by Gasteiger charge is -2.32. The van der Waals surface area contributed by atoms with Crippen molar-refractivity contribution in [3.63, 3.8) is 0 Å². The summed E-state index contributed by atoms with van der Waals surface area (Å²) in [5.41, 5.74) is 8.59. The van der Waals surface area contributed by atoms with E-state index in [9.17, 15) is 0 Å². The van der Waals surface area contributed by atoms with Gasteiger partial charge in [-0.3, -0.25) is 0 Å². The lowest BCUT2D eigenvalue weighted by molar-refractivity contribution is 0.438. The highest BCUT2D eigenvalue weighted by Crippen LogP contribution is 2.25. The molecule has 0 aromatic heterocycles. The van der Waals surface area contributed by atoms with Crippen LogP contribution in [0.2, 0.25) is 0 Å². The van der Waals surface area contributed by atoms with E-state index in [0.717, 1.165) is 5.92 Å². The normalized spacial score (nSPS) is 20.3. The fraction of sp³-hybridized carbons (Fsp3) is 0.611. The van der Waals surface area contributed by atoms with Crippen LogP contribution in [-0.2, 0) is 6.54 Å². The molecule has 2 aliphatic rings. The first-order valence-corrected chi connectivity index (χ1v) is 8.50. The quantitative estimate of drug-likeness (QED) is 0.687. The predicted molar refractivity (Wildman–Crippen MR) is 93.2 cm³/mol. The largest absolute Gasteiger partial charge is 0.372 e. The van der Waals surface area contributed by atoms with Crippen LogP contribution in [0.3, 0.4) is 0 Å². The summed E-state index contributed by atoms with van der Waals surface area (Å²) in [7, 11) is 2.04. The van der Waals surface area contributed by atoms with Crippen molar-refractivity contribution in [1.82, 2.24) is 4.90 Å². The maximum atomic E-state index is 6.03. The van der Waals surface area contributed by atoms with Gasteiger partial charge in [-0.15, -0.1) is 0 Å². The molecule has 120 valence electrons. The Morgan fingerprint density at radius 1 is 1.18 bits per heavy atom. The van der Waals surface area contributed by atoms with Crippen LogP contribution in [0.25, 0.3) is 0 Å². The smallest absolute Gasteiger partial charge is 0.191 e. The number of hydrogen-bond acceptors (Lipinski definition) is 2. The molecule has 22 heavy (non-hydrogen) atoms. The first kappa shape index (κ1) is 15.2. The summed E-state index contributed by atoms with van der Waals surface area (Å²) in [6.07, 6.45) is 5.10. The number of hydrogen-bond donors (Lipinski definition) is 1. The third-order valence-electron chi connectivity index (χ3n) is 4.96. The predicted octanol–water partition coefficient (Wildman–Crippen LogP) is 2.83. The van der Waals surface area contributed by atoms with E-state index in [1.54, 1.807) is 0 Å². The molecule has 1 saturated carbocycles. The molecule has 4 heteroatoms. The van der Waals surface area contributed by atoms with Crippen molar-refractivity contribution in [3.8, 4) is 0 Å². The summed E-state index contributed by atoms with van der Waals surface area (Å²) >= 11 is 0. The van der Waals surface area contributed by atoms with Gasteiger partial charge in [-0.1, -0.05) is 19.1 Å².